The molecule has 1 aromatic heterocycles. The lowest BCUT2D eigenvalue weighted by atomic mass is 10.1. The Morgan fingerprint density at radius 2 is 2.05 bits per heavy atom. The summed E-state index contributed by atoms with van der Waals surface area (Å²) in [5.41, 5.74) is 6.87. The van der Waals surface area contributed by atoms with Gasteiger partial charge in [-0.1, -0.05) is 6.07 Å². The van der Waals surface area contributed by atoms with Gasteiger partial charge in [0.05, 0.1) is 5.25 Å². The van der Waals surface area contributed by atoms with Crippen LogP contribution in [0.5, 0.6) is 0 Å². The number of hydrogen-bond donors (Lipinski definition) is 1. The zero-order chi connectivity index (χ0) is 13.8. The molecule has 19 heavy (non-hydrogen) atoms. The molecule has 2 unspecified atom stereocenters. The van der Waals surface area contributed by atoms with Crippen molar-refractivity contribution in [2.24, 2.45) is 5.73 Å². The molecule has 100 valence electrons. The highest BCUT2D eigenvalue weighted by Gasteiger charge is 2.19. The van der Waals surface area contributed by atoms with Crippen LogP contribution in [0.15, 0.2) is 47.6 Å². The van der Waals surface area contributed by atoms with Gasteiger partial charge in [-0.25, -0.2) is 8.78 Å². The number of pyridine rings is 1. The summed E-state index contributed by atoms with van der Waals surface area (Å²) >= 11 is 1.28. The van der Waals surface area contributed by atoms with Crippen molar-refractivity contribution in [2.45, 2.75) is 23.1 Å². The summed E-state index contributed by atoms with van der Waals surface area (Å²) in [7, 11) is 0. The average molecular weight is 280 g/mol. The van der Waals surface area contributed by atoms with Gasteiger partial charge < -0.3 is 5.73 Å². The molecule has 0 radical (unpaired) electrons. The van der Waals surface area contributed by atoms with E-state index in [2.05, 4.69) is 4.98 Å². The molecule has 1 aromatic carbocycles. The lowest BCUT2D eigenvalue weighted by Gasteiger charge is -2.20. The van der Waals surface area contributed by atoms with Gasteiger partial charge in [0, 0.05) is 29.4 Å². The van der Waals surface area contributed by atoms with E-state index in [1.54, 1.807) is 12.4 Å². The molecule has 5 heteroatoms. The summed E-state index contributed by atoms with van der Waals surface area (Å²) in [6.45, 7) is 1.85. The number of nitrogens with two attached hydrogens (primary N) is 1. The largest absolute Gasteiger partial charge is 0.327 e. The number of hydrogen-bond acceptors (Lipinski definition) is 3. The van der Waals surface area contributed by atoms with E-state index in [9.17, 15) is 8.78 Å². The van der Waals surface area contributed by atoms with Gasteiger partial charge >= 0.3 is 0 Å². The molecule has 1 heterocycles. The maximum atomic E-state index is 13.7. The molecular formula is C14H14F2N2S. The van der Waals surface area contributed by atoms with Crippen LogP contribution in [0, 0.1) is 11.6 Å². The average Bonchev–Trinajstić information content (AvgIpc) is 2.38. The molecule has 2 nitrogen and oxygen atoms in total. The van der Waals surface area contributed by atoms with Crippen molar-refractivity contribution in [3.05, 3.63) is 59.9 Å². The van der Waals surface area contributed by atoms with E-state index >= 15 is 0 Å². The molecule has 2 rings (SSSR count). The summed E-state index contributed by atoms with van der Waals surface area (Å²) in [6, 6.07) is 7.08. The predicted octanol–water partition coefficient (Wildman–Crippen LogP) is 3.54. The number of halogens is 2. The second kappa shape index (κ2) is 6.12. The van der Waals surface area contributed by atoms with Crippen molar-refractivity contribution >= 4 is 11.8 Å². The van der Waals surface area contributed by atoms with Crippen LogP contribution in [0.2, 0.25) is 0 Å². The lowest BCUT2D eigenvalue weighted by molar-refractivity contribution is 0.565. The Morgan fingerprint density at radius 3 is 2.63 bits per heavy atom. The van der Waals surface area contributed by atoms with E-state index in [4.69, 9.17) is 5.73 Å². The molecule has 0 saturated heterocycles. The Bertz CT molecular complexity index is 546. The first-order valence-electron chi connectivity index (χ1n) is 5.85. The van der Waals surface area contributed by atoms with E-state index < -0.39 is 11.6 Å². The Labute approximate surface area is 115 Å². The van der Waals surface area contributed by atoms with Crippen LogP contribution in [-0.2, 0) is 0 Å². The van der Waals surface area contributed by atoms with Crippen LogP contribution in [-0.4, -0.2) is 11.0 Å². The summed E-state index contributed by atoms with van der Waals surface area (Å²) in [5, 5.41) is -0.131. The van der Waals surface area contributed by atoms with Gasteiger partial charge in [-0.3, -0.25) is 4.98 Å². The standard InChI is InChI=1S/C14H14F2N2S/c1-9(17)14(10-3-2-6-18-8-10)19-13-5-4-11(15)7-12(13)16/h2-9,14H,17H2,1H3. The van der Waals surface area contributed by atoms with Crippen molar-refractivity contribution in [3.8, 4) is 0 Å². The smallest absolute Gasteiger partial charge is 0.139 e. The number of benzene rings is 1. The topological polar surface area (TPSA) is 38.9 Å². The number of rotatable bonds is 4. The van der Waals surface area contributed by atoms with Crippen LogP contribution < -0.4 is 5.73 Å². The normalized spacial score (nSPS) is 14.1. The third-order valence-corrected chi connectivity index (χ3v) is 4.18. The molecule has 2 atom stereocenters. The second-order valence-corrected chi connectivity index (χ2v) is 5.44. The molecular weight excluding hydrogens is 266 g/mol. The van der Waals surface area contributed by atoms with E-state index in [0.29, 0.717) is 4.90 Å². The second-order valence-electron chi connectivity index (χ2n) is 4.26. The fraction of sp³-hybridized carbons (Fsp3) is 0.214. The van der Waals surface area contributed by atoms with Gasteiger partial charge in [0.15, 0.2) is 0 Å². The molecule has 0 spiro atoms. The quantitative estimate of drug-likeness (QED) is 0.871. The Morgan fingerprint density at radius 1 is 1.26 bits per heavy atom. The zero-order valence-electron chi connectivity index (χ0n) is 10.4. The highest BCUT2D eigenvalue weighted by molar-refractivity contribution is 7.99. The first-order chi connectivity index (χ1) is 9.08. The fourth-order valence-electron chi connectivity index (χ4n) is 1.73. The highest BCUT2D eigenvalue weighted by atomic mass is 32.2. The number of thioether (sulfide) groups is 1. The summed E-state index contributed by atoms with van der Waals surface area (Å²) in [5.74, 6) is -1.15. The van der Waals surface area contributed by atoms with Crippen molar-refractivity contribution in [1.29, 1.82) is 0 Å². The van der Waals surface area contributed by atoms with Gasteiger partial charge in [0.2, 0.25) is 0 Å². The van der Waals surface area contributed by atoms with Crippen LogP contribution in [0.25, 0.3) is 0 Å². The molecule has 0 saturated carbocycles. The van der Waals surface area contributed by atoms with E-state index in [1.165, 1.54) is 23.9 Å². The van der Waals surface area contributed by atoms with E-state index in [0.717, 1.165) is 11.6 Å². The lowest BCUT2D eigenvalue weighted by Crippen LogP contribution is -2.22. The Hall–Kier alpha value is -1.46. The zero-order valence-corrected chi connectivity index (χ0v) is 11.2. The van der Waals surface area contributed by atoms with Crippen molar-refractivity contribution < 1.29 is 8.78 Å². The van der Waals surface area contributed by atoms with Crippen LogP contribution in [0.1, 0.15) is 17.7 Å². The SMILES string of the molecule is CC(N)C(Sc1ccc(F)cc1F)c1cccnc1. The summed E-state index contributed by atoms with van der Waals surface area (Å²) < 4.78 is 26.6. The van der Waals surface area contributed by atoms with Crippen molar-refractivity contribution in [3.63, 3.8) is 0 Å². The van der Waals surface area contributed by atoms with Crippen molar-refractivity contribution in [2.75, 3.05) is 0 Å². The molecule has 0 aliphatic carbocycles. The summed E-state index contributed by atoms with van der Waals surface area (Å²) in [4.78, 5) is 4.43. The monoisotopic (exact) mass is 280 g/mol. The maximum absolute atomic E-state index is 13.7. The fourth-order valence-corrected chi connectivity index (χ4v) is 2.81. The number of aromatic nitrogens is 1. The molecule has 2 N–H and O–H groups in total. The Kier molecular flexibility index (Phi) is 4.50. The Balaban J connectivity index is 2.27. The first-order valence-corrected chi connectivity index (χ1v) is 6.73. The van der Waals surface area contributed by atoms with Crippen LogP contribution in [0.4, 0.5) is 8.78 Å². The third-order valence-electron chi connectivity index (χ3n) is 2.64. The molecule has 0 amide bonds. The van der Waals surface area contributed by atoms with E-state index in [-0.39, 0.29) is 11.3 Å². The minimum absolute atomic E-state index is 0.131. The number of nitrogens with zero attached hydrogens (tertiary/aromatic N) is 1. The molecule has 0 aliphatic rings. The minimum Gasteiger partial charge on any atom is -0.327 e. The highest BCUT2D eigenvalue weighted by Crippen LogP contribution is 2.38. The van der Waals surface area contributed by atoms with Gasteiger partial charge in [-0.15, -0.1) is 11.8 Å². The molecule has 0 bridgehead atoms. The van der Waals surface area contributed by atoms with Gasteiger partial charge in [-0.05, 0) is 30.7 Å². The van der Waals surface area contributed by atoms with Gasteiger partial charge in [-0.2, -0.15) is 0 Å². The van der Waals surface area contributed by atoms with Gasteiger partial charge in [0.25, 0.3) is 0 Å². The van der Waals surface area contributed by atoms with Crippen molar-refractivity contribution in [1.82, 2.24) is 4.98 Å². The van der Waals surface area contributed by atoms with Gasteiger partial charge in [0.1, 0.15) is 11.6 Å². The molecule has 0 aliphatic heterocycles. The van der Waals surface area contributed by atoms with Crippen LogP contribution >= 0.6 is 11.8 Å². The minimum atomic E-state index is -0.583. The first kappa shape index (κ1) is 14.0. The summed E-state index contributed by atoms with van der Waals surface area (Å²) in [6.07, 6.45) is 3.38. The third kappa shape index (κ3) is 3.52. The molecule has 0 fully saturated rings. The van der Waals surface area contributed by atoms with Crippen LogP contribution in [0.3, 0.4) is 0 Å². The van der Waals surface area contributed by atoms with E-state index in [1.807, 2.05) is 19.1 Å². The maximum Gasteiger partial charge on any atom is 0.139 e. The predicted molar refractivity (Wildman–Crippen MR) is 72.8 cm³/mol. The molecule has 2 aromatic rings.